The summed E-state index contributed by atoms with van der Waals surface area (Å²) >= 11 is 1.39. The first-order chi connectivity index (χ1) is 11.2. The summed E-state index contributed by atoms with van der Waals surface area (Å²) in [4.78, 5) is 24.9. The van der Waals surface area contributed by atoms with Crippen LogP contribution < -0.4 is 16.0 Å². The van der Waals surface area contributed by atoms with Crippen LogP contribution in [0.3, 0.4) is 0 Å². The fourth-order valence-corrected chi connectivity index (χ4v) is 3.20. The van der Waals surface area contributed by atoms with Crippen molar-refractivity contribution in [1.82, 2.24) is 5.32 Å². The van der Waals surface area contributed by atoms with Gasteiger partial charge in [0.05, 0.1) is 10.9 Å². The molecule has 1 aromatic carbocycles. The van der Waals surface area contributed by atoms with Gasteiger partial charge in [-0.25, -0.2) is 0 Å². The van der Waals surface area contributed by atoms with Crippen LogP contribution in [0.15, 0.2) is 41.8 Å². The Morgan fingerprint density at radius 2 is 1.88 bits per heavy atom. The van der Waals surface area contributed by atoms with E-state index < -0.39 is 0 Å². The minimum atomic E-state index is -0.141. The Balaban J connectivity index is 0.00000208. The number of anilines is 2. The molecule has 2 amide bonds. The Morgan fingerprint density at radius 3 is 2.54 bits per heavy atom. The molecule has 0 radical (unpaired) electrons. The molecule has 0 saturated carbocycles. The molecule has 24 heavy (non-hydrogen) atoms. The van der Waals surface area contributed by atoms with Crippen molar-refractivity contribution >= 4 is 46.9 Å². The van der Waals surface area contributed by atoms with Crippen LogP contribution >= 0.6 is 23.7 Å². The molecule has 1 atom stereocenters. The molecule has 1 fully saturated rings. The van der Waals surface area contributed by atoms with E-state index in [4.69, 9.17) is 0 Å². The molecule has 1 aliphatic heterocycles. The lowest BCUT2D eigenvalue weighted by Gasteiger charge is -2.22. The summed E-state index contributed by atoms with van der Waals surface area (Å²) in [6.07, 6.45) is 3.05. The zero-order chi connectivity index (χ0) is 16.1. The van der Waals surface area contributed by atoms with Crippen molar-refractivity contribution in [3.05, 3.63) is 46.7 Å². The fraction of sp³-hybridized carbons (Fsp3) is 0.294. The number of rotatable bonds is 4. The van der Waals surface area contributed by atoms with Gasteiger partial charge in [0.15, 0.2) is 0 Å². The van der Waals surface area contributed by atoms with Crippen molar-refractivity contribution in [3.63, 3.8) is 0 Å². The van der Waals surface area contributed by atoms with Crippen LogP contribution in [0.4, 0.5) is 11.4 Å². The van der Waals surface area contributed by atoms with E-state index in [0.29, 0.717) is 16.3 Å². The van der Waals surface area contributed by atoms with E-state index in [0.717, 1.165) is 25.8 Å². The predicted octanol–water partition coefficient (Wildman–Crippen LogP) is 3.50. The predicted molar refractivity (Wildman–Crippen MR) is 100 cm³/mol. The molecular weight excluding hydrogens is 346 g/mol. The van der Waals surface area contributed by atoms with Crippen molar-refractivity contribution in [2.45, 2.75) is 25.3 Å². The number of piperidine rings is 1. The molecule has 2 aromatic rings. The van der Waals surface area contributed by atoms with Gasteiger partial charge < -0.3 is 16.0 Å². The molecule has 2 heterocycles. The first-order valence-electron chi connectivity index (χ1n) is 7.71. The second-order valence-electron chi connectivity index (χ2n) is 5.50. The lowest BCUT2D eigenvalue weighted by atomic mass is 10.0. The number of amides is 2. The summed E-state index contributed by atoms with van der Waals surface area (Å²) in [6.45, 7) is 0.884. The second-order valence-corrected chi connectivity index (χ2v) is 6.45. The van der Waals surface area contributed by atoms with Crippen LogP contribution in [0.1, 0.15) is 28.9 Å². The SMILES string of the molecule is Cl.O=C(Nc1cccc(NC(=O)[C@@H]2CCCCN2)c1)c1cccs1. The smallest absolute Gasteiger partial charge is 0.265 e. The second kappa shape index (κ2) is 8.82. The summed E-state index contributed by atoms with van der Waals surface area (Å²) < 4.78 is 0. The number of hydrogen-bond donors (Lipinski definition) is 3. The summed E-state index contributed by atoms with van der Waals surface area (Å²) in [5.41, 5.74) is 1.35. The average Bonchev–Trinajstić information content (AvgIpc) is 3.10. The van der Waals surface area contributed by atoms with Gasteiger partial charge in [0.25, 0.3) is 5.91 Å². The molecule has 1 saturated heterocycles. The highest BCUT2D eigenvalue weighted by Crippen LogP contribution is 2.18. The Labute approximate surface area is 151 Å². The Hall–Kier alpha value is -1.89. The molecule has 7 heteroatoms. The van der Waals surface area contributed by atoms with E-state index in [1.807, 2.05) is 23.6 Å². The molecule has 1 aromatic heterocycles. The first kappa shape index (κ1) is 18.4. The van der Waals surface area contributed by atoms with Crippen LogP contribution in [-0.4, -0.2) is 24.4 Å². The number of carbonyl (C=O) groups is 2. The molecule has 1 aliphatic rings. The number of halogens is 1. The maximum Gasteiger partial charge on any atom is 0.265 e. The molecular formula is C17H20ClN3O2S. The van der Waals surface area contributed by atoms with E-state index in [1.165, 1.54) is 11.3 Å². The molecule has 128 valence electrons. The van der Waals surface area contributed by atoms with Gasteiger partial charge in [-0.1, -0.05) is 18.6 Å². The quantitative estimate of drug-likeness (QED) is 0.776. The van der Waals surface area contributed by atoms with Crippen molar-refractivity contribution in [3.8, 4) is 0 Å². The number of hydrogen-bond acceptors (Lipinski definition) is 4. The van der Waals surface area contributed by atoms with Crippen molar-refractivity contribution in [1.29, 1.82) is 0 Å². The van der Waals surface area contributed by atoms with Crippen LogP contribution in [-0.2, 0) is 4.79 Å². The van der Waals surface area contributed by atoms with Crippen molar-refractivity contribution in [2.75, 3.05) is 17.2 Å². The maximum atomic E-state index is 12.2. The third-order valence-electron chi connectivity index (χ3n) is 3.76. The van der Waals surface area contributed by atoms with Gasteiger partial charge >= 0.3 is 0 Å². The largest absolute Gasteiger partial charge is 0.325 e. The lowest BCUT2D eigenvalue weighted by Crippen LogP contribution is -2.43. The van der Waals surface area contributed by atoms with Gasteiger partial charge in [-0.2, -0.15) is 0 Å². The molecule has 0 bridgehead atoms. The number of benzene rings is 1. The number of nitrogens with one attached hydrogen (secondary N) is 3. The summed E-state index contributed by atoms with van der Waals surface area (Å²) in [5, 5.41) is 10.8. The minimum absolute atomic E-state index is 0. The van der Waals surface area contributed by atoms with Gasteiger partial charge in [-0.3, -0.25) is 9.59 Å². The van der Waals surface area contributed by atoms with Gasteiger partial charge in [0.1, 0.15) is 0 Å². The average molecular weight is 366 g/mol. The Kier molecular flexibility index (Phi) is 6.78. The van der Waals surface area contributed by atoms with Gasteiger partial charge in [-0.15, -0.1) is 23.7 Å². The molecule has 5 nitrogen and oxygen atoms in total. The molecule has 3 rings (SSSR count). The topological polar surface area (TPSA) is 70.2 Å². The summed E-state index contributed by atoms with van der Waals surface area (Å²) in [5.74, 6) is -0.163. The third kappa shape index (κ3) is 4.80. The Morgan fingerprint density at radius 1 is 1.08 bits per heavy atom. The summed E-state index contributed by atoms with van der Waals surface area (Å²) in [7, 11) is 0. The highest BCUT2D eigenvalue weighted by molar-refractivity contribution is 7.12. The molecule has 0 aliphatic carbocycles. The highest BCUT2D eigenvalue weighted by atomic mass is 35.5. The zero-order valence-corrected chi connectivity index (χ0v) is 14.7. The standard InChI is InChI=1S/C17H19N3O2S.ClH/c21-16(14-7-1-2-9-18-14)19-12-5-3-6-13(11-12)20-17(22)15-8-4-10-23-15;/h3-6,8,10-11,14,18H,1-2,7,9H2,(H,19,21)(H,20,22);1H/t14-;/m0./s1. The van der Waals surface area contributed by atoms with E-state index >= 15 is 0 Å². The van der Waals surface area contributed by atoms with E-state index in [9.17, 15) is 9.59 Å². The number of carbonyl (C=O) groups excluding carboxylic acids is 2. The van der Waals surface area contributed by atoms with Crippen LogP contribution in [0, 0.1) is 0 Å². The van der Waals surface area contributed by atoms with Crippen molar-refractivity contribution < 1.29 is 9.59 Å². The third-order valence-corrected chi connectivity index (χ3v) is 4.63. The van der Waals surface area contributed by atoms with E-state index in [2.05, 4.69) is 16.0 Å². The fourth-order valence-electron chi connectivity index (χ4n) is 2.58. The summed E-state index contributed by atoms with van der Waals surface area (Å²) in [6, 6.07) is 10.7. The van der Waals surface area contributed by atoms with Crippen LogP contribution in [0.5, 0.6) is 0 Å². The monoisotopic (exact) mass is 365 g/mol. The lowest BCUT2D eigenvalue weighted by molar-refractivity contribution is -0.118. The maximum absolute atomic E-state index is 12.2. The van der Waals surface area contributed by atoms with Gasteiger partial charge in [-0.05, 0) is 49.0 Å². The molecule has 3 N–H and O–H groups in total. The number of thiophene rings is 1. The first-order valence-corrected chi connectivity index (χ1v) is 8.59. The van der Waals surface area contributed by atoms with E-state index in [1.54, 1.807) is 18.2 Å². The van der Waals surface area contributed by atoms with Crippen molar-refractivity contribution in [2.24, 2.45) is 0 Å². The normalized spacial score (nSPS) is 16.8. The highest BCUT2D eigenvalue weighted by Gasteiger charge is 2.20. The van der Waals surface area contributed by atoms with Gasteiger partial charge in [0, 0.05) is 11.4 Å². The van der Waals surface area contributed by atoms with E-state index in [-0.39, 0.29) is 30.3 Å². The Bertz CT molecular complexity index is 685. The van der Waals surface area contributed by atoms with Crippen LogP contribution in [0.2, 0.25) is 0 Å². The molecule has 0 spiro atoms. The van der Waals surface area contributed by atoms with Crippen LogP contribution in [0.25, 0.3) is 0 Å². The van der Waals surface area contributed by atoms with Gasteiger partial charge in [0.2, 0.25) is 5.91 Å². The zero-order valence-electron chi connectivity index (χ0n) is 13.1. The minimum Gasteiger partial charge on any atom is -0.325 e. The molecule has 0 unspecified atom stereocenters.